The zero-order valence-electron chi connectivity index (χ0n) is 21.9. The Labute approximate surface area is 212 Å². The summed E-state index contributed by atoms with van der Waals surface area (Å²) in [7, 11) is 1.49. The van der Waals surface area contributed by atoms with E-state index in [1.807, 2.05) is 12.1 Å². The number of likely N-dealkylation sites (N-methyl/N-ethyl adjacent to an activating group) is 1. The van der Waals surface area contributed by atoms with Crippen LogP contribution in [0.2, 0.25) is 0 Å². The first-order valence-electron chi connectivity index (χ1n) is 12.6. The van der Waals surface area contributed by atoms with Crippen molar-refractivity contribution >= 4 is 29.5 Å². The monoisotopic (exact) mass is 501 g/mol. The van der Waals surface area contributed by atoms with Crippen LogP contribution in [0.15, 0.2) is 24.3 Å². The van der Waals surface area contributed by atoms with E-state index in [2.05, 4.69) is 10.6 Å². The van der Waals surface area contributed by atoms with Crippen LogP contribution in [0.25, 0.3) is 0 Å². The summed E-state index contributed by atoms with van der Waals surface area (Å²) in [6.07, 6.45) is 2.74. The summed E-state index contributed by atoms with van der Waals surface area (Å²) in [4.78, 5) is 54.8. The lowest BCUT2D eigenvalue weighted by Crippen LogP contribution is -2.56. The van der Waals surface area contributed by atoms with E-state index in [-0.39, 0.29) is 17.9 Å². The number of benzene rings is 1. The molecule has 4 amide bonds. The lowest BCUT2D eigenvalue weighted by Gasteiger charge is -2.32. The third kappa shape index (κ3) is 6.67. The van der Waals surface area contributed by atoms with Crippen LogP contribution in [0.4, 0.5) is 10.5 Å². The fraction of sp³-hybridized carbons (Fsp3) is 0.615. The highest BCUT2D eigenvalue weighted by molar-refractivity contribution is 5.94. The van der Waals surface area contributed by atoms with Gasteiger partial charge in [-0.1, -0.05) is 12.1 Å². The fourth-order valence-electron chi connectivity index (χ4n) is 4.72. The van der Waals surface area contributed by atoms with E-state index in [9.17, 15) is 19.2 Å². The highest BCUT2D eigenvalue weighted by Gasteiger charge is 2.45. The predicted octanol–water partition coefficient (Wildman–Crippen LogP) is 2.17. The Morgan fingerprint density at radius 1 is 1.19 bits per heavy atom. The number of hydrogen-bond donors (Lipinski definition) is 3. The minimum Gasteiger partial charge on any atom is -0.444 e. The summed E-state index contributed by atoms with van der Waals surface area (Å²) in [6, 6.07) is 5.11. The van der Waals surface area contributed by atoms with Crippen LogP contribution in [0.1, 0.15) is 65.4 Å². The molecule has 0 radical (unpaired) electrons. The lowest BCUT2D eigenvalue weighted by atomic mass is 10.1. The summed E-state index contributed by atoms with van der Waals surface area (Å²) >= 11 is 0. The molecule has 198 valence electrons. The van der Waals surface area contributed by atoms with E-state index < -0.39 is 35.7 Å². The number of hydrogen-bond acceptors (Lipinski definition) is 6. The molecule has 2 saturated heterocycles. The van der Waals surface area contributed by atoms with E-state index >= 15 is 0 Å². The maximum Gasteiger partial charge on any atom is 0.410 e. The van der Waals surface area contributed by atoms with Gasteiger partial charge in [0.1, 0.15) is 23.7 Å². The minimum atomic E-state index is -0.831. The molecule has 36 heavy (non-hydrogen) atoms. The topological polar surface area (TPSA) is 134 Å². The average molecular weight is 502 g/mol. The highest BCUT2D eigenvalue weighted by Crippen LogP contribution is 2.32. The molecule has 0 saturated carbocycles. The van der Waals surface area contributed by atoms with Gasteiger partial charge in [-0.3, -0.25) is 19.3 Å². The molecular weight excluding hydrogens is 462 g/mol. The summed E-state index contributed by atoms with van der Waals surface area (Å²) in [5, 5.41) is 5.75. The second-order valence-corrected chi connectivity index (χ2v) is 10.7. The van der Waals surface area contributed by atoms with E-state index in [0.717, 1.165) is 24.8 Å². The average Bonchev–Trinajstić information content (AvgIpc) is 3.16. The van der Waals surface area contributed by atoms with Gasteiger partial charge >= 0.3 is 6.09 Å². The predicted molar refractivity (Wildman–Crippen MR) is 136 cm³/mol. The normalized spacial score (nSPS) is 22.8. The molecule has 2 fully saturated rings. The van der Waals surface area contributed by atoms with Gasteiger partial charge in [0.25, 0.3) is 0 Å². The zero-order valence-corrected chi connectivity index (χ0v) is 21.9. The molecule has 10 heteroatoms. The van der Waals surface area contributed by atoms with Crippen molar-refractivity contribution in [1.82, 2.24) is 20.4 Å². The molecule has 3 rings (SSSR count). The Morgan fingerprint density at radius 3 is 2.58 bits per heavy atom. The summed E-state index contributed by atoms with van der Waals surface area (Å²) < 4.78 is 5.34. The standard InChI is InChI=1S/C26H39N5O5/c1-16(30(5)25(35)36-26(2,3)4)22(32)29-20-11-7-10-19-12-13-21(31(19)24(20)34)23(33)28-15-17-8-6-9-18(27)14-17/h6,8-9,14,16,19-21H,7,10-13,15,27H2,1-5H3,(H,28,33)(H,29,32)/t16-,19?,20-,21-/m0/s1. The number of nitrogens with two attached hydrogens (primary N) is 1. The lowest BCUT2D eigenvalue weighted by molar-refractivity contribution is -0.143. The summed E-state index contributed by atoms with van der Waals surface area (Å²) in [5.74, 6) is -0.903. The minimum absolute atomic E-state index is 0.0237. The quantitative estimate of drug-likeness (QED) is 0.512. The van der Waals surface area contributed by atoms with Gasteiger partial charge in [-0.25, -0.2) is 4.79 Å². The maximum atomic E-state index is 13.5. The SMILES string of the molecule is C[C@@H](C(=O)N[C@H]1CCCC2CC[C@@H](C(=O)NCc3cccc(N)c3)N2C1=O)N(C)C(=O)OC(C)(C)C. The first-order valence-corrected chi connectivity index (χ1v) is 12.6. The Morgan fingerprint density at radius 2 is 1.92 bits per heavy atom. The van der Waals surface area contributed by atoms with Crippen LogP contribution in [0.5, 0.6) is 0 Å². The van der Waals surface area contributed by atoms with Gasteiger partial charge in [-0.2, -0.15) is 0 Å². The van der Waals surface area contributed by atoms with Crippen LogP contribution in [0, 0.1) is 0 Å². The van der Waals surface area contributed by atoms with Crippen LogP contribution in [-0.2, 0) is 25.7 Å². The van der Waals surface area contributed by atoms with Crippen LogP contribution >= 0.6 is 0 Å². The third-order valence-corrected chi connectivity index (χ3v) is 6.76. The van der Waals surface area contributed by atoms with Crippen molar-refractivity contribution in [2.45, 2.75) is 96.1 Å². The van der Waals surface area contributed by atoms with E-state index in [0.29, 0.717) is 25.1 Å². The first-order chi connectivity index (χ1) is 16.9. The maximum absolute atomic E-state index is 13.5. The molecule has 4 atom stereocenters. The van der Waals surface area contributed by atoms with Crippen molar-refractivity contribution in [3.05, 3.63) is 29.8 Å². The second-order valence-electron chi connectivity index (χ2n) is 10.7. The largest absolute Gasteiger partial charge is 0.444 e. The molecule has 1 aromatic rings. The van der Waals surface area contributed by atoms with Crippen LogP contribution < -0.4 is 16.4 Å². The van der Waals surface area contributed by atoms with Crippen molar-refractivity contribution in [3.63, 3.8) is 0 Å². The third-order valence-electron chi connectivity index (χ3n) is 6.76. The van der Waals surface area contributed by atoms with E-state index in [1.165, 1.54) is 11.9 Å². The number of nitrogens with zero attached hydrogens (tertiary/aromatic N) is 2. The molecule has 0 aliphatic carbocycles. The smallest absolute Gasteiger partial charge is 0.410 e. The molecule has 1 aromatic carbocycles. The Balaban J connectivity index is 1.64. The molecule has 2 aliphatic heterocycles. The van der Waals surface area contributed by atoms with Gasteiger partial charge in [0.05, 0.1) is 0 Å². The van der Waals surface area contributed by atoms with E-state index in [1.54, 1.807) is 44.7 Å². The van der Waals surface area contributed by atoms with Crippen LogP contribution in [-0.4, -0.2) is 70.4 Å². The number of carbonyl (C=O) groups excluding carboxylic acids is 4. The Kier molecular flexibility index (Phi) is 8.47. The number of fused-ring (bicyclic) bond motifs is 1. The summed E-state index contributed by atoms with van der Waals surface area (Å²) in [6.45, 7) is 7.17. The van der Waals surface area contributed by atoms with Gasteiger partial charge < -0.3 is 26.0 Å². The molecule has 0 aromatic heterocycles. The number of anilines is 1. The van der Waals surface area contributed by atoms with Crippen molar-refractivity contribution < 1.29 is 23.9 Å². The van der Waals surface area contributed by atoms with E-state index in [4.69, 9.17) is 10.5 Å². The van der Waals surface area contributed by atoms with Gasteiger partial charge in [-0.15, -0.1) is 0 Å². The van der Waals surface area contributed by atoms with Crippen molar-refractivity contribution in [1.29, 1.82) is 0 Å². The molecule has 1 unspecified atom stereocenters. The molecule has 0 spiro atoms. The summed E-state index contributed by atoms with van der Waals surface area (Å²) in [5.41, 5.74) is 6.63. The number of nitrogens with one attached hydrogen (secondary N) is 2. The number of nitrogen functional groups attached to an aromatic ring is 1. The fourth-order valence-corrected chi connectivity index (χ4v) is 4.72. The number of rotatable bonds is 6. The molecule has 2 heterocycles. The molecule has 4 N–H and O–H groups in total. The van der Waals surface area contributed by atoms with Crippen molar-refractivity contribution in [2.24, 2.45) is 0 Å². The van der Waals surface area contributed by atoms with Crippen molar-refractivity contribution in [3.8, 4) is 0 Å². The van der Waals surface area contributed by atoms with Crippen molar-refractivity contribution in [2.75, 3.05) is 12.8 Å². The Bertz CT molecular complexity index is 991. The highest BCUT2D eigenvalue weighted by atomic mass is 16.6. The van der Waals surface area contributed by atoms with Gasteiger partial charge in [0, 0.05) is 25.3 Å². The number of ether oxygens (including phenoxy) is 1. The molecule has 2 aliphatic rings. The zero-order chi connectivity index (χ0) is 26.6. The van der Waals surface area contributed by atoms with Crippen LogP contribution in [0.3, 0.4) is 0 Å². The molecular formula is C26H39N5O5. The molecule has 10 nitrogen and oxygen atoms in total. The number of amides is 4. The van der Waals surface area contributed by atoms with Gasteiger partial charge in [0.15, 0.2) is 0 Å². The van der Waals surface area contributed by atoms with Gasteiger partial charge in [-0.05, 0) is 77.5 Å². The second kappa shape index (κ2) is 11.2. The first kappa shape index (κ1) is 27.3. The number of carbonyl (C=O) groups is 4. The molecule has 0 bridgehead atoms. The Hall–Kier alpha value is -3.30. The van der Waals surface area contributed by atoms with Gasteiger partial charge in [0.2, 0.25) is 17.7 Å².